The van der Waals surface area contributed by atoms with E-state index >= 15 is 0 Å². The number of benzene rings is 1. The Morgan fingerprint density at radius 2 is 2.00 bits per heavy atom. The minimum Gasteiger partial charge on any atom is -0.367 e. The molecule has 1 aromatic carbocycles. The Morgan fingerprint density at radius 3 is 2.61 bits per heavy atom. The highest BCUT2D eigenvalue weighted by Gasteiger charge is 2.32. The third kappa shape index (κ3) is 4.53. The van der Waals surface area contributed by atoms with Crippen LogP contribution in [0, 0.1) is 5.41 Å². The largest absolute Gasteiger partial charge is 0.367 e. The highest BCUT2D eigenvalue weighted by molar-refractivity contribution is 7.89. The third-order valence-corrected chi connectivity index (χ3v) is 4.75. The molecular formula is C16H24N2O4S. The Balaban J connectivity index is 2.27. The van der Waals surface area contributed by atoms with Gasteiger partial charge in [0.15, 0.2) is 0 Å². The lowest BCUT2D eigenvalue weighted by molar-refractivity contribution is -0.218. The van der Waals surface area contributed by atoms with E-state index in [1.54, 1.807) is 38.0 Å². The van der Waals surface area contributed by atoms with Crippen molar-refractivity contribution in [2.24, 2.45) is 10.6 Å². The molecule has 0 aromatic heterocycles. The summed E-state index contributed by atoms with van der Waals surface area (Å²) >= 11 is 0. The second-order valence-corrected chi connectivity index (χ2v) is 8.46. The van der Waals surface area contributed by atoms with Gasteiger partial charge in [0, 0.05) is 6.54 Å². The van der Waals surface area contributed by atoms with Crippen molar-refractivity contribution in [3.05, 3.63) is 29.8 Å². The summed E-state index contributed by atoms with van der Waals surface area (Å²) in [5.74, 6) is -0.299. The van der Waals surface area contributed by atoms with Crippen molar-refractivity contribution in [1.29, 1.82) is 0 Å². The number of hydrogen-bond donors (Lipinski definition) is 1. The number of carbonyl (C=O) groups excluding carboxylic acids is 1. The molecule has 2 N–H and O–H groups in total. The number of primary sulfonamides is 1. The highest BCUT2D eigenvalue weighted by atomic mass is 32.2. The molecular weight excluding hydrogens is 316 g/mol. The molecule has 1 unspecified atom stereocenters. The molecule has 1 heterocycles. The van der Waals surface area contributed by atoms with Crippen LogP contribution in [0.1, 0.15) is 51.6 Å². The first-order valence-corrected chi connectivity index (χ1v) is 9.25. The molecule has 0 spiro atoms. The smallest absolute Gasteiger partial charge is 0.330 e. The van der Waals surface area contributed by atoms with E-state index in [0.717, 1.165) is 24.8 Å². The molecule has 1 atom stereocenters. The first kappa shape index (κ1) is 17.9. The molecule has 7 heteroatoms. The van der Waals surface area contributed by atoms with E-state index in [-0.39, 0.29) is 16.9 Å². The number of hydroxylamine groups is 2. The number of carbonyl (C=O) groups is 1. The first-order valence-electron chi connectivity index (χ1n) is 7.71. The van der Waals surface area contributed by atoms with Crippen molar-refractivity contribution in [1.82, 2.24) is 5.06 Å². The maximum atomic E-state index is 12.2. The van der Waals surface area contributed by atoms with E-state index in [2.05, 4.69) is 0 Å². The lowest BCUT2D eigenvalue weighted by atomic mass is 9.96. The summed E-state index contributed by atoms with van der Waals surface area (Å²) in [7, 11) is -3.75. The molecule has 0 saturated carbocycles. The molecule has 1 aromatic rings. The summed E-state index contributed by atoms with van der Waals surface area (Å²) in [5, 5.41) is 6.87. The predicted molar refractivity (Wildman–Crippen MR) is 86.7 cm³/mol. The quantitative estimate of drug-likeness (QED) is 0.912. The summed E-state index contributed by atoms with van der Waals surface area (Å²) in [4.78, 5) is 17.8. The molecule has 1 aliphatic heterocycles. The number of rotatable bonds is 3. The molecule has 1 aliphatic rings. The van der Waals surface area contributed by atoms with Gasteiger partial charge < -0.3 is 4.84 Å². The van der Waals surface area contributed by atoms with Crippen LogP contribution in [0.4, 0.5) is 0 Å². The molecule has 1 fully saturated rings. The SMILES string of the molecule is CC(C)(C)C(=O)ON1CCCCC1c1cccc(S(N)(=O)=O)c1. The molecule has 0 bridgehead atoms. The van der Waals surface area contributed by atoms with Gasteiger partial charge >= 0.3 is 5.97 Å². The van der Waals surface area contributed by atoms with Gasteiger partial charge in [-0.05, 0) is 51.3 Å². The lowest BCUT2D eigenvalue weighted by Gasteiger charge is -2.35. The van der Waals surface area contributed by atoms with Crippen LogP contribution in [-0.4, -0.2) is 26.0 Å². The second kappa shape index (κ2) is 6.59. The van der Waals surface area contributed by atoms with Crippen LogP contribution in [0.2, 0.25) is 0 Å². The van der Waals surface area contributed by atoms with Crippen LogP contribution < -0.4 is 5.14 Å². The summed E-state index contributed by atoms with van der Waals surface area (Å²) < 4.78 is 23.1. The number of sulfonamides is 1. The standard InChI is InChI=1S/C16H24N2O4S/c1-16(2,3)15(19)22-18-10-5-4-9-14(18)12-7-6-8-13(11-12)23(17,20)21/h6-8,11,14H,4-5,9-10H2,1-3H3,(H2,17,20,21). The zero-order valence-corrected chi connectivity index (χ0v) is 14.6. The van der Waals surface area contributed by atoms with Crippen LogP contribution in [0.5, 0.6) is 0 Å². The normalized spacial score (nSPS) is 20.3. The van der Waals surface area contributed by atoms with Gasteiger partial charge in [-0.3, -0.25) is 0 Å². The van der Waals surface area contributed by atoms with Crippen molar-refractivity contribution in [3.8, 4) is 0 Å². The lowest BCUT2D eigenvalue weighted by Crippen LogP contribution is -2.38. The van der Waals surface area contributed by atoms with Crippen molar-refractivity contribution in [2.45, 2.75) is 51.0 Å². The van der Waals surface area contributed by atoms with Crippen LogP contribution in [0.3, 0.4) is 0 Å². The molecule has 23 heavy (non-hydrogen) atoms. The Morgan fingerprint density at radius 1 is 1.30 bits per heavy atom. The van der Waals surface area contributed by atoms with Crippen molar-refractivity contribution < 1.29 is 18.0 Å². The molecule has 128 valence electrons. The van der Waals surface area contributed by atoms with Crippen LogP contribution >= 0.6 is 0 Å². The van der Waals surface area contributed by atoms with E-state index in [0.29, 0.717) is 6.54 Å². The fraction of sp³-hybridized carbons (Fsp3) is 0.562. The van der Waals surface area contributed by atoms with Gasteiger partial charge in [0.2, 0.25) is 10.0 Å². The van der Waals surface area contributed by atoms with E-state index in [1.807, 2.05) is 6.07 Å². The van der Waals surface area contributed by atoms with Gasteiger partial charge in [-0.1, -0.05) is 18.6 Å². The van der Waals surface area contributed by atoms with E-state index < -0.39 is 15.4 Å². The van der Waals surface area contributed by atoms with E-state index in [9.17, 15) is 13.2 Å². The van der Waals surface area contributed by atoms with Gasteiger partial charge in [0.1, 0.15) is 0 Å². The van der Waals surface area contributed by atoms with E-state index in [1.165, 1.54) is 6.07 Å². The second-order valence-electron chi connectivity index (χ2n) is 6.90. The molecule has 0 radical (unpaired) electrons. The van der Waals surface area contributed by atoms with Gasteiger partial charge in [0.25, 0.3) is 0 Å². The minimum atomic E-state index is -3.75. The topological polar surface area (TPSA) is 89.7 Å². The van der Waals surface area contributed by atoms with Gasteiger partial charge in [-0.25, -0.2) is 18.4 Å². The minimum absolute atomic E-state index is 0.0719. The van der Waals surface area contributed by atoms with Crippen molar-refractivity contribution in [3.63, 3.8) is 0 Å². The first-order chi connectivity index (χ1) is 10.6. The average molecular weight is 340 g/mol. The summed E-state index contributed by atoms with van der Waals surface area (Å²) in [6.45, 7) is 6.04. The van der Waals surface area contributed by atoms with Crippen LogP contribution in [-0.2, 0) is 19.7 Å². The predicted octanol–water partition coefficient (Wildman–Crippen LogP) is 2.37. The zero-order chi connectivity index (χ0) is 17.3. The summed E-state index contributed by atoms with van der Waals surface area (Å²) in [6.07, 6.45) is 2.72. The maximum absolute atomic E-state index is 12.2. The Hall–Kier alpha value is -1.44. The summed E-state index contributed by atoms with van der Waals surface area (Å²) in [5.41, 5.74) is 0.197. The van der Waals surface area contributed by atoms with Crippen molar-refractivity contribution in [2.75, 3.05) is 6.54 Å². The number of hydrogen-bond acceptors (Lipinski definition) is 5. The fourth-order valence-electron chi connectivity index (χ4n) is 2.49. The van der Waals surface area contributed by atoms with Gasteiger partial charge in [-0.2, -0.15) is 0 Å². The molecule has 2 rings (SSSR count). The Kier molecular flexibility index (Phi) is 5.13. The summed E-state index contributed by atoms with van der Waals surface area (Å²) in [6, 6.07) is 6.36. The van der Waals surface area contributed by atoms with Gasteiger partial charge in [-0.15, -0.1) is 5.06 Å². The number of nitrogens with zero attached hydrogens (tertiary/aromatic N) is 1. The zero-order valence-electron chi connectivity index (χ0n) is 13.8. The molecule has 6 nitrogen and oxygen atoms in total. The highest BCUT2D eigenvalue weighted by Crippen LogP contribution is 2.33. The average Bonchev–Trinajstić information content (AvgIpc) is 2.46. The van der Waals surface area contributed by atoms with Gasteiger partial charge in [0.05, 0.1) is 16.4 Å². The van der Waals surface area contributed by atoms with Crippen LogP contribution in [0.15, 0.2) is 29.2 Å². The molecule has 0 amide bonds. The third-order valence-electron chi connectivity index (χ3n) is 3.84. The van der Waals surface area contributed by atoms with Crippen LogP contribution in [0.25, 0.3) is 0 Å². The molecule has 0 aliphatic carbocycles. The fourth-order valence-corrected chi connectivity index (χ4v) is 3.06. The Bertz CT molecular complexity index is 680. The monoisotopic (exact) mass is 340 g/mol. The number of nitrogens with two attached hydrogens (primary N) is 1. The maximum Gasteiger partial charge on any atom is 0.330 e. The number of piperidine rings is 1. The Labute approximate surface area is 137 Å². The molecule has 1 saturated heterocycles. The van der Waals surface area contributed by atoms with Crippen molar-refractivity contribution >= 4 is 16.0 Å². The van der Waals surface area contributed by atoms with E-state index in [4.69, 9.17) is 9.98 Å².